The largest absolute Gasteiger partial charge is 0.309 e. The summed E-state index contributed by atoms with van der Waals surface area (Å²) in [5.74, 6) is 0.820. The zero-order valence-corrected chi connectivity index (χ0v) is 13.7. The summed E-state index contributed by atoms with van der Waals surface area (Å²) in [5.41, 5.74) is 2.68. The van der Waals surface area contributed by atoms with Crippen LogP contribution in [0.25, 0.3) is 11.1 Å². The van der Waals surface area contributed by atoms with E-state index in [1.54, 1.807) is 0 Å². The molecule has 1 fully saturated rings. The predicted molar refractivity (Wildman–Crippen MR) is 92.6 cm³/mol. The molecule has 21 heavy (non-hydrogen) atoms. The van der Waals surface area contributed by atoms with Crippen molar-refractivity contribution in [1.29, 1.82) is 0 Å². The molecule has 1 aliphatic rings. The van der Waals surface area contributed by atoms with E-state index in [0.717, 1.165) is 12.5 Å². The molecule has 2 heteroatoms. The Kier molecular flexibility index (Phi) is 5.10. The third-order valence-electron chi connectivity index (χ3n) is 4.66. The quantitative estimate of drug-likeness (QED) is 0.738. The lowest BCUT2D eigenvalue weighted by atomic mass is 9.97. The van der Waals surface area contributed by atoms with Crippen LogP contribution in [0.15, 0.2) is 41.8 Å². The zero-order valence-electron chi connectivity index (χ0n) is 12.8. The van der Waals surface area contributed by atoms with Crippen molar-refractivity contribution in [2.24, 2.45) is 5.92 Å². The van der Waals surface area contributed by atoms with Gasteiger partial charge >= 0.3 is 0 Å². The van der Waals surface area contributed by atoms with Gasteiger partial charge in [-0.3, -0.25) is 0 Å². The second kappa shape index (κ2) is 7.24. The van der Waals surface area contributed by atoms with E-state index in [-0.39, 0.29) is 0 Å². The summed E-state index contributed by atoms with van der Waals surface area (Å²) in [7, 11) is 0. The summed E-state index contributed by atoms with van der Waals surface area (Å²) in [6.45, 7) is 3.43. The zero-order chi connectivity index (χ0) is 14.5. The molecule has 1 aliphatic carbocycles. The van der Waals surface area contributed by atoms with E-state index < -0.39 is 0 Å². The maximum Gasteiger partial charge on any atom is 0.0302 e. The van der Waals surface area contributed by atoms with Crippen LogP contribution in [0.1, 0.15) is 43.9 Å². The first-order valence-corrected chi connectivity index (χ1v) is 9.07. The minimum absolute atomic E-state index is 0.703. The molecule has 1 saturated carbocycles. The summed E-state index contributed by atoms with van der Waals surface area (Å²) in [5, 5.41) is 6.08. The van der Waals surface area contributed by atoms with Crippen LogP contribution in [0, 0.1) is 5.92 Å². The fourth-order valence-corrected chi connectivity index (χ4v) is 4.13. The van der Waals surface area contributed by atoms with Crippen molar-refractivity contribution < 1.29 is 0 Å². The summed E-state index contributed by atoms with van der Waals surface area (Å²) in [6.07, 6.45) is 6.95. The number of hydrogen-bond acceptors (Lipinski definition) is 2. The molecule has 1 heterocycles. The number of hydrogen-bond donors (Lipinski definition) is 1. The van der Waals surface area contributed by atoms with Gasteiger partial charge in [-0.1, -0.05) is 56.5 Å². The Balaban J connectivity index is 1.60. The van der Waals surface area contributed by atoms with Crippen molar-refractivity contribution >= 4 is 11.3 Å². The monoisotopic (exact) mass is 299 g/mol. The average molecular weight is 299 g/mol. The molecule has 2 unspecified atom stereocenters. The van der Waals surface area contributed by atoms with E-state index in [4.69, 9.17) is 0 Å². The van der Waals surface area contributed by atoms with Gasteiger partial charge in [0.05, 0.1) is 0 Å². The van der Waals surface area contributed by atoms with Crippen LogP contribution in [-0.2, 0) is 6.54 Å². The van der Waals surface area contributed by atoms with E-state index in [1.165, 1.54) is 48.1 Å². The molecule has 3 rings (SSSR count). The standard InChI is InChI=1S/C19H25NS/c1-15-8-4-2-7-11-19(15)20-13-18-12-17(14-21-18)16-9-5-3-6-10-16/h3,5-6,9-10,12,14-15,19-20H,2,4,7-8,11,13H2,1H3. The van der Waals surface area contributed by atoms with Gasteiger partial charge in [0.15, 0.2) is 0 Å². The molecule has 112 valence electrons. The smallest absolute Gasteiger partial charge is 0.0302 e. The van der Waals surface area contributed by atoms with Gasteiger partial charge in [0.25, 0.3) is 0 Å². The maximum absolute atomic E-state index is 3.80. The highest BCUT2D eigenvalue weighted by Gasteiger charge is 2.19. The Hall–Kier alpha value is -1.12. The van der Waals surface area contributed by atoms with Crippen LogP contribution in [0.4, 0.5) is 0 Å². The Labute approximate surface area is 132 Å². The van der Waals surface area contributed by atoms with Gasteiger partial charge in [0, 0.05) is 17.5 Å². The first-order valence-electron chi connectivity index (χ1n) is 8.19. The van der Waals surface area contributed by atoms with Crippen LogP contribution in [0.5, 0.6) is 0 Å². The third kappa shape index (κ3) is 3.96. The number of nitrogens with one attached hydrogen (secondary N) is 1. The Morgan fingerprint density at radius 1 is 1.05 bits per heavy atom. The Morgan fingerprint density at radius 2 is 1.86 bits per heavy atom. The van der Waals surface area contributed by atoms with Crippen LogP contribution >= 0.6 is 11.3 Å². The molecule has 0 bridgehead atoms. The molecule has 1 aromatic carbocycles. The van der Waals surface area contributed by atoms with Crippen molar-refractivity contribution in [1.82, 2.24) is 5.32 Å². The molecule has 1 aromatic heterocycles. The molecule has 0 spiro atoms. The van der Waals surface area contributed by atoms with Gasteiger partial charge in [-0.25, -0.2) is 0 Å². The Morgan fingerprint density at radius 3 is 2.71 bits per heavy atom. The van der Waals surface area contributed by atoms with Crippen molar-refractivity contribution in [3.05, 3.63) is 46.7 Å². The highest BCUT2D eigenvalue weighted by Crippen LogP contribution is 2.27. The lowest BCUT2D eigenvalue weighted by Gasteiger charge is -2.22. The van der Waals surface area contributed by atoms with Crippen LogP contribution in [0.2, 0.25) is 0 Å². The van der Waals surface area contributed by atoms with Gasteiger partial charge in [-0.05, 0) is 41.3 Å². The van der Waals surface area contributed by atoms with Crippen molar-refractivity contribution in [2.75, 3.05) is 0 Å². The molecule has 0 radical (unpaired) electrons. The van der Waals surface area contributed by atoms with Crippen LogP contribution in [-0.4, -0.2) is 6.04 Å². The third-order valence-corrected chi connectivity index (χ3v) is 5.60. The fraction of sp³-hybridized carbons (Fsp3) is 0.474. The summed E-state index contributed by atoms with van der Waals surface area (Å²) >= 11 is 1.88. The first kappa shape index (κ1) is 14.8. The van der Waals surface area contributed by atoms with Gasteiger partial charge in [-0.15, -0.1) is 11.3 Å². The summed E-state index contributed by atoms with van der Waals surface area (Å²) in [4.78, 5) is 1.45. The van der Waals surface area contributed by atoms with Crippen molar-refractivity contribution in [3.8, 4) is 11.1 Å². The van der Waals surface area contributed by atoms with Crippen LogP contribution in [0.3, 0.4) is 0 Å². The predicted octanol–water partition coefficient (Wildman–Crippen LogP) is 5.47. The molecule has 1 nitrogen and oxygen atoms in total. The highest BCUT2D eigenvalue weighted by molar-refractivity contribution is 7.10. The van der Waals surface area contributed by atoms with E-state index >= 15 is 0 Å². The first-order chi connectivity index (χ1) is 10.3. The van der Waals surface area contributed by atoms with Crippen molar-refractivity contribution in [3.63, 3.8) is 0 Å². The number of thiophene rings is 1. The van der Waals surface area contributed by atoms with E-state index in [0.29, 0.717) is 6.04 Å². The SMILES string of the molecule is CC1CCCCCC1NCc1cc(-c2ccccc2)cs1. The van der Waals surface area contributed by atoms with Gasteiger partial charge in [0.2, 0.25) is 0 Å². The van der Waals surface area contributed by atoms with Gasteiger partial charge in [0.1, 0.15) is 0 Å². The number of benzene rings is 1. The topological polar surface area (TPSA) is 12.0 Å². The molecule has 0 amide bonds. The van der Waals surface area contributed by atoms with E-state index in [9.17, 15) is 0 Å². The maximum atomic E-state index is 3.80. The Bertz CT molecular complexity index is 546. The minimum atomic E-state index is 0.703. The average Bonchev–Trinajstić information content (AvgIpc) is 2.90. The van der Waals surface area contributed by atoms with Gasteiger partial charge < -0.3 is 5.32 Å². The minimum Gasteiger partial charge on any atom is -0.309 e. The van der Waals surface area contributed by atoms with E-state index in [1.807, 2.05) is 11.3 Å². The molecule has 2 aromatic rings. The fourth-order valence-electron chi connectivity index (χ4n) is 3.28. The van der Waals surface area contributed by atoms with Crippen molar-refractivity contribution in [2.45, 2.75) is 51.6 Å². The van der Waals surface area contributed by atoms with Crippen LogP contribution < -0.4 is 5.32 Å². The molecule has 2 atom stereocenters. The molecular formula is C19H25NS. The second-order valence-electron chi connectivity index (χ2n) is 6.27. The lowest BCUT2D eigenvalue weighted by Crippen LogP contribution is -2.33. The summed E-state index contributed by atoms with van der Waals surface area (Å²) in [6, 6.07) is 13.7. The molecule has 0 aliphatic heterocycles. The summed E-state index contributed by atoms with van der Waals surface area (Å²) < 4.78 is 0. The van der Waals surface area contributed by atoms with E-state index in [2.05, 4.69) is 54.0 Å². The normalized spacial score (nSPS) is 22.9. The highest BCUT2D eigenvalue weighted by atomic mass is 32.1. The molecule has 0 saturated heterocycles. The number of rotatable bonds is 4. The molecular weight excluding hydrogens is 274 g/mol. The lowest BCUT2D eigenvalue weighted by molar-refractivity contribution is 0.357. The molecule has 1 N–H and O–H groups in total. The van der Waals surface area contributed by atoms with Gasteiger partial charge in [-0.2, -0.15) is 0 Å². The second-order valence-corrected chi connectivity index (χ2v) is 7.27.